The molecule has 5 aromatic rings. The van der Waals surface area contributed by atoms with E-state index in [4.69, 9.17) is 4.74 Å². The van der Waals surface area contributed by atoms with E-state index in [1.165, 1.54) is 28.8 Å². The number of hydrogen-bond acceptors (Lipinski definition) is 6. The van der Waals surface area contributed by atoms with E-state index in [1.807, 2.05) is 0 Å². The van der Waals surface area contributed by atoms with Gasteiger partial charge in [0, 0.05) is 23.0 Å². The molecule has 0 atom stereocenters. The zero-order valence-corrected chi connectivity index (χ0v) is 23.9. The van der Waals surface area contributed by atoms with Crippen molar-refractivity contribution in [1.29, 1.82) is 0 Å². The Kier molecular flexibility index (Phi) is 9.30. The molecule has 16 heteroatoms. The van der Waals surface area contributed by atoms with Crippen LogP contribution in [0.3, 0.4) is 0 Å². The van der Waals surface area contributed by atoms with Gasteiger partial charge in [0.1, 0.15) is 18.1 Å². The summed E-state index contributed by atoms with van der Waals surface area (Å²) in [7, 11) is 0. The monoisotopic (exact) mass is 660 g/mol. The summed E-state index contributed by atoms with van der Waals surface area (Å²) in [5.74, 6) is -2.35. The number of carbonyl (C=O) groups excluding carboxylic acids is 2. The lowest BCUT2D eigenvalue weighted by molar-refractivity contribution is -0.153. The predicted octanol–water partition coefficient (Wildman–Crippen LogP) is 6.69. The number of carbonyl (C=O) groups is 2. The van der Waals surface area contributed by atoms with E-state index in [0.717, 1.165) is 23.8 Å². The first-order valence-electron chi connectivity index (χ1n) is 13.7. The normalized spacial score (nSPS) is 11.7. The number of hydrogen-bond donors (Lipinski definition) is 3. The number of ether oxygens (including phenoxy) is 1. The Morgan fingerprint density at radius 2 is 1.53 bits per heavy atom. The van der Waals surface area contributed by atoms with Crippen LogP contribution in [0.1, 0.15) is 15.9 Å². The molecular weight excluding hydrogens is 637 g/mol. The first-order chi connectivity index (χ1) is 22.2. The van der Waals surface area contributed by atoms with E-state index in [2.05, 4.69) is 20.7 Å². The van der Waals surface area contributed by atoms with Crippen molar-refractivity contribution in [2.24, 2.45) is 0 Å². The zero-order valence-electron chi connectivity index (χ0n) is 23.9. The highest BCUT2D eigenvalue weighted by Gasteiger charge is 2.30. The van der Waals surface area contributed by atoms with Crippen LogP contribution >= 0.6 is 0 Å². The van der Waals surface area contributed by atoms with Crippen LogP contribution < -0.4 is 20.7 Å². The standard InChI is InChI=1S/C31H23F7N6O3/c32-22-7-1-18(2-8-22)13-27(45)40-23-9-3-19(4-10-23)21-6-12-26-42-29(43-44(26)15-21)41-24-11-5-20(28(46)39-16-30(33,34)35)14-25(24)47-17-31(36,37)38/h1-12,14-15H,13,16-17H2,(H,39,46)(H,40,45)(H,41,43). The van der Waals surface area contributed by atoms with Gasteiger partial charge in [0.05, 0.1) is 12.1 Å². The molecule has 0 bridgehead atoms. The minimum absolute atomic E-state index is 0.0486. The Balaban J connectivity index is 1.29. The van der Waals surface area contributed by atoms with Crippen molar-refractivity contribution in [3.63, 3.8) is 0 Å². The van der Waals surface area contributed by atoms with Crippen molar-refractivity contribution in [2.75, 3.05) is 23.8 Å². The number of amides is 2. The molecule has 2 amide bonds. The summed E-state index contributed by atoms with van der Waals surface area (Å²) in [5.41, 5.74) is 2.60. The number of rotatable bonds is 10. The van der Waals surface area contributed by atoms with Gasteiger partial charge in [-0.15, -0.1) is 5.10 Å². The molecule has 47 heavy (non-hydrogen) atoms. The van der Waals surface area contributed by atoms with Crippen molar-refractivity contribution in [3.05, 3.63) is 102 Å². The molecular formula is C31H23F7N6O3. The molecule has 9 nitrogen and oxygen atoms in total. The van der Waals surface area contributed by atoms with Crippen LogP contribution in [0.4, 0.5) is 48.1 Å². The molecule has 2 aromatic heterocycles. The zero-order chi connectivity index (χ0) is 33.8. The minimum Gasteiger partial charge on any atom is -0.482 e. The second-order valence-corrected chi connectivity index (χ2v) is 10.1. The van der Waals surface area contributed by atoms with E-state index in [0.29, 0.717) is 22.5 Å². The SMILES string of the molecule is O=C(Cc1ccc(F)cc1)Nc1ccc(-c2ccc3nc(Nc4ccc(C(=O)NCC(F)(F)F)cc4OCC(F)(F)F)nn3c2)cc1. The van der Waals surface area contributed by atoms with E-state index in [9.17, 15) is 40.3 Å². The van der Waals surface area contributed by atoms with Gasteiger partial charge < -0.3 is 20.7 Å². The summed E-state index contributed by atoms with van der Waals surface area (Å²) in [5, 5.41) is 11.4. The molecule has 0 saturated heterocycles. The number of alkyl halides is 6. The smallest absolute Gasteiger partial charge is 0.422 e. The average Bonchev–Trinajstić information content (AvgIpc) is 3.41. The Bertz CT molecular complexity index is 1890. The highest BCUT2D eigenvalue weighted by Crippen LogP contribution is 2.31. The molecule has 244 valence electrons. The third-order valence-electron chi connectivity index (χ3n) is 6.44. The van der Waals surface area contributed by atoms with Gasteiger partial charge in [0.25, 0.3) is 5.91 Å². The Hall–Kier alpha value is -5.67. The molecule has 0 spiro atoms. The van der Waals surface area contributed by atoms with Gasteiger partial charge in [0.15, 0.2) is 12.3 Å². The molecule has 0 aliphatic carbocycles. The summed E-state index contributed by atoms with van der Waals surface area (Å²) >= 11 is 0. The molecule has 0 radical (unpaired) electrons. The number of benzene rings is 3. The summed E-state index contributed by atoms with van der Waals surface area (Å²) in [4.78, 5) is 28.8. The van der Waals surface area contributed by atoms with E-state index >= 15 is 0 Å². The number of aromatic nitrogens is 3. The second kappa shape index (κ2) is 13.4. The maximum Gasteiger partial charge on any atom is 0.422 e. The minimum atomic E-state index is -4.74. The summed E-state index contributed by atoms with van der Waals surface area (Å²) in [6.07, 6.45) is -7.71. The van der Waals surface area contributed by atoms with E-state index in [1.54, 1.807) is 47.9 Å². The first-order valence-corrected chi connectivity index (χ1v) is 13.7. The molecule has 0 saturated carbocycles. The van der Waals surface area contributed by atoms with Crippen molar-refractivity contribution < 1.29 is 45.1 Å². The van der Waals surface area contributed by atoms with Crippen LogP contribution in [0.25, 0.3) is 16.8 Å². The van der Waals surface area contributed by atoms with Crippen molar-refractivity contribution in [3.8, 4) is 16.9 Å². The van der Waals surface area contributed by atoms with Crippen LogP contribution in [0.5, 0.6) is 5.75 Å². The predicted molar refractivity (Wildman–Crippen MR) is 157 cm³/mol. The number of nitrogens with one attached hydrogen (secondary N) is 3. The summed E-state index contributed by atoms with van der Waals surface area (Å²) in [6.45, 7) is -3.36. The average molecular weight is 661 g/mol. The second-order valence-electron chi connectivity index (χ2n) is 10.1. The lowest BCUT2D eigenvalue weighted by Crippen LogP contribution is -2.33. The van der Waals surface area contributed by atoms with Crippen LogP contribution in [0.15, 0.2) is 85.1 Å². The molecule has 3 N–H and O–H groups in total. The van der Waals surface area contributed by atoms with Gasteiger partial charge in [-0.1, -0.05) is 24.3 Å². The number of pyridine rings is 1. The van der Waals surface area contributed by atoms with Crippen LogP contribution in [0.2, 0.25) is 0 Å². The Labute approximate surface area is 261 Å². The molecule has 0 aliphatic rings. The third-order valence-corrected chi connectivity index (χ3v) is 6.44. The van der Waals surface area contributed by atoms with Crippen molar-refractivity contribution in [1.82, 2.24) is 19.9 Å². The quantitative estimate of drug-likeness (QED) is 0.144. The van der Waals surface area contributed by atoms with E-state index < -0.39 is 43.0 Å². The van der Waals surface area contributed by atoms with Gasteiger partial charge >= 0.3 is 12.4 Å². The first kappa shape index (κ1) is 32.7. The topological polar surface area (TPSA) is 110 Å². The van der Waals surface area contributed by atoms with Gasteiger partial charge in [-0.2, -0.15) is 31.3 Å². The number of fused-ring (bicyclic) bond motifs is 1. The Morgan fingerprint density at radius 3 is 2.21 bits per heavy atom. The largest absolute Gasteiger partial charge is 0.482 e. The van der Waals surface area contributed by atoms with E-state index in [-0.39, 0.29) is 29.5 Å². The molecule has 3 aromatic carbocycles. The van der Waals surface area contributed by atoms with Gasteiger partial charge in [0.2, 0.25) is 11.9 Å². The van der Waals surface area contributed by atoms with Crippen LogP contribution in [0, 0.1) is 5.82 Å². The lowest BCUT2D eigenvalue weighted by atomic mass is 10.1. The summed E-state index contributed by atoms with van der Waals surface area (Å²) < 4.78 is 95.5. The fourth-order valence-electron chi connectivity index (χ4n) is 4.29. The maximum atomic E-state index is 13.1. The summed E-state index contributed by atoms with van der Waals surface area (Å²) in [6, 6.07) is 19.1. The number of nitrogens with zero attached hydrogens (tertiary/aromatic N) is 3. The molecule has 2 heterocycles. The highest BCUT2D eigenvalue weighted by atomic mass is 19.4. The van der Waals surface area contributed by atoms with Gasteiger partial charge in [-0.3, -0.25) is 9.59 Å². The molecule has 5 rings (SSSR count). The number of halogens is 7. The van der Waals surface area contributed by atoms with Crippen molar-refractivity contribution in [2.45, 2.75) is 18.8 Å². The van der Waals surface area contributed by atoms with Crippen LogP contribution in [-0.2, 0) is 11.2 Å². The van der Waals surface area contributed by atoms with Gasteiger partial charge in [-0.25, -0.2) is 8.91 Å². The van der Waals surface area contributed by atoms with Crippen LogP contribution in [-0.4, -0.2) is 51.9 Å². The Morgan fingerprint density at radius 1 is 0.830 bits per heavy atom. The highest BCUT2D eigenvalue weighted by molar-refractivity contribution is 5.95. The fourth-order valence-corrected chi connectivity index (χ4v) is 4.29. The maximum absolute atomic E-state index is 13.1. The molecule has 0 aliphatic heterocycles. The fraction of sp³-hybridized carbons (Fsp3) is 0.161. The van der Waals surface area contributed by atoms with Gasteiger partial charge in [-0.05, 0) is 65.7 Å². The molecule has 0 fully saturated rings. The number of anilines is 3. The lowest BCUT2D eigenvalue weighted by Gasteiger charge is -2.15. The molecule has 0 unspecified atom stereocenters. The van der Waals surface area contributed by atoms with Crippen molar-refractivity contribution >= 4 is 34.8 Å². The third kappa shape index (κ3) is 9.18.